The van der Waals surface area contributed by atoms with Crippen LogP contribution in [0.15, 0.2) is 23.3 Å². The van der Waals surface area contributed by atoms with Crippen molar-refractivity contribution in [3.63, 3.8) is 0 Å². The summed E-state index contributed by atoms with van der Waals surface area (Å²) >= 11 is 0. The van der Waals surface area contributed by atoms with Crippen molar-refractivity contribution in [3.8, 4) is 0 Å². The van der Waals surface area contributed by atoms with E-state index in [1.807, 2.05) is 6.92 Å². The Labute approximate surface area is 93.9 Å². The predicted molar refractivity (Wildman–Crippen MR) is 65.8 cm³/mol. The van der Waals surface area contributed by atoms with Gasteiger partial charge in [0.05, 0.1) is 5.60 Å². The zero-order valence-corrected chi connectivity index (χ0v) is 10.6. The molecular weight excluding hydrogens is 184 g/mol. The average molecular weight is 208 g/mol. The van der Waals surface area contributed by atoms with E-state index in [4.69, 9.17) is 0 Å². The molecule has 2 atom stereocenters. The molecule has 0 spiro atoms. The molecule has 0 bridgehead atoms. The fourth-order valence-electron chi connectivity index (χ4n) is 2.36. The van der Waals surface area contributed by atoms with Crippen molar-refractivity contribution in [2.45, 2.75) is 59.0 Å². The summed E-state index contributed by atoms with van der Waals surface area (Å²) in [7, 11) is 0. The van der Waals surface area contributed by atoms with E-state index in [0.29, 0.717) is 5.92 Å². The van der Waals surface area contributed by atoms with Crippen LogP contribution in [0, 0.1) is 5.92 Å². The molecule has 0 radical (unpaired) electrons. The second kappa shape index (κ2) is 4.52. The summed E-state index contributed by atoms with van der Waals surface area (Å²) in [5, 5.41) is 10.2. The molecule has 0 saturated heterocycles. The molecule has 0 aliphatic heterocycles. The lowest BCUT2D eigenvalue weighted by molar-refractivity contribution is 0.0722. The third kappa shape index (κ3) is 2.94. The van der Waals surface area contributed by atoms with Crippen molar-refractivity contribution < 1.29 is 5.11 Å². The van der Waals surface area contributed by atoms with Crippen molar-refractivity contribution >= 4 is 0 Å². The van der Waals surface area contributed by atoms with E-state index in [1.54, 1.807) is 0 Å². The van der Waals surface area contributed by atoms with Crippen LogP contribution in [-0.2, 0) is 0 Å². The molecule has 1 rings (SSSR count). The Morgan fingerprint density at radius 3 is 2.73 bits per heavy atom. The number of rotatable bonds is 3. The van der Waals surface area contributed by atoms with Crippen molar-refractivity contribution in [1.82, 2.24) is 0 Å². The molecule has 0 aromatic heterocycles. The van der Waals surface area contributed by atoms with E-state index in [-0.39, 0.29) is 0 Å². The SMILES string of the molecule is C=C(C)CCC1=C(C)C(C)(O)CCC1C. The van der Waals surface area contributed by atoms with Crippen LogP contribution in [0.5, 0.6) is 0 Å². The minimum atomic E-state index is -0.573. The van der Waals surface area contributed by atoms with Gasteiger partial charge in [0.2, 0.25) is 0 Å². The van der Waals surface area contributed by atoms with Gasteiger partial charge in [-0.2, -0.15) is 0 Å². The Hall–Kier alpha value is -0.560. The molecule has 0 aromatic carbocycles. The van der Waals surface area contributed by atoms with Crippen LogP contribution in [-0.4, -0.2) is 10.7 Å². The lowest BCUT2D eigenvalue weighted by Gasteiger charge is -2.35. The standard InChI is InChI=1S/C14H24O/c1-10(2)6-7-13-11(3)8-9-14(5,15)12(13)4/h11,15H,1,6-9H2,2-5H3. The minimum absolute atomic E-state index is 0.573. The van der Waals surface area contributed by atoms with Gasteiger partial charge in [-0.05, 0) is 57.9 Å². The highest BCUT2D eigenvalue weighted by molar-refractivity contribution is 5.26. The van der Waals surface area contributed by atoms with Crippen LogP contribution in [0.2, 0.25) is 0 Å². The second-order valence-corrected chi connectivity index (χ2v) is 5.32. The van der Waals surface area contributed by atoms with E-state index in [9.17, 15) is 5.11 Å². The molecule has 0 fully saturated rings. The smallest absolute Gasteiger partial charge is 0.0829 e. The lowest BCUT2D eigenvalue weighted by atomic mass is 9.74. The highest BCUT2D eigenvalue weighted by Crippen LogP contribution is 2.38. The second-order valence-electron chi connectivity index (χ2n) is 5.32. The van der Waals surface area contributed by atoms with E-state index in [2.05, 4.69) is 27.4 Å². The first kappa shape index (κ1) is 12.5. The summed E-state index contributed by atoms with van der Waals surface area (Å²) in [5.74, 6) is 0.629. The van der Waals surface area contributed by atoms with Crippen molar-refractivity contribution in [2.24, 2.45) is 5.92 Å². The molecule has 15 heavy (non-hydrogen) atoms. The van der Waals surface area contributed by atoms with Gasteiger partial charge < -0.3 is 5.11 Å². The van der Waals surface area contributed by atoms with Crippen LogP contribution in [0.25, 0.3) is 0 Å². The summed E-state index contributed by atoms with van der Waals surface area (Å²) in [6.07, 6.45) is 4.12. The van der Waals surface area contributed by atoms with Crippen LogP contribution in [0.3, 0.4) is 0 Å². The Balaban J connectivity index is 2.84. The monoisotopic (exact) mass is 208 g/mol. The van der Waals surface area contributed by atoms with Gasteiger partial charge in [-0.15, -0.1) is 6.58 Å². The maximum atomic E-state index is 10.2. The normalized spacial score (nSPS) is 31.9. The van der Waals surface area contributed by atoms with Crippen LogP contribution < -0.4 is 0 Å². The first-order chi connectivity index (χ1) is 6.84. The summed E-state index contributed by atoms with van der Waals surface area (Å²) < 4.78 is 0. The maximum absolute atomic E-state index is 10.2. The Morgan fingerprint density at radius 2 is 2.20 bits per heavy atom. The summed E-state index contributed by atoms with van der Waals surface area (Å²) in [6.45, 7) is 12.3. The van der Waals surface area contributed by atoms with E-state index in [0.717, 1.165) is 25.7 Å². The Morgan fingerprint density at radius 1 is 1.60 bits per heavy atom. The van der Waals surface area contributed by atoms with E-state index >= 15 is 0 Å². The largest absolute Gasteiger partial charge is 0.386 e. The van der Waals surface area contributed by atoms with Gasteiger partial charge in [0.15, 0.2) is 0 Å². The quantitative estimate of drug-likeness (QED) is 0.699. The number of hydrogen-bond acceptors (Lipinski definition) is 1. The molecule has 0 amide bonds. The van der Waals surface area contributed by atoms with Crippen LogP contribution in [0.1, 0.15) is 53.4 Å². The van der Waals surface area contributed by atoms with Gasteiger partial charge in [-0.1, -0.05) is 18.1 Å². The first-order valence-corrected chi connectivity index (χ1v) is 5.91. The summed E-state index contributed by atoms with van der Waals surface area (Å²) in [6, 6.07) is 0. The van der Waals surface area contributed by atoms with Crippen molar-refractivity contribution in [2.75, 3.05) is 0 Å². The summed E-state index contributed by atoms with van der Waals surface area (Å²) in [4.78, 5) is 0. The molecule has 1 heteroatoms. The highest BCUT2D eigenvalue weighted by Gasteiger charge is 2.31. The molecule has 0 saturated carbocycles. The number of aliphatic hydroxyl groups is 1. The topological polar surface area (TPSA) is 20.2 Å². The Kier molecular flexibility index (Phi) is 3.77. The third-order valence-electron chi connectivity index (χ3n) is 3.77. The van der Waals surface area contributed by atoms with Crippen LogP contribution >= 0.6 is 0 Å². The summed E-state index contributed by atoms with van der Waals surface area (Å²) in [5.41, 5.74) is 3.31. The first-order valence-electron chi connectivity index (χ1n) is 5.91. The predicted octanol–water partition coefficient (Wildman–Crippen LogP) is 3.84. The zero-order valence-electron chi connectivity index (χ0n) is 10.6. The molecule has 1 aliphatic carbocycles. The zero-order chi connectivity index (χ0) is 11.6. The lowest BCUT2D eigenvalue weighted by Crippen LogP contribution is -2.32. The molecular formula is C14H24O. The van der Waals surface area contributed by atoms with Gasteiger partial charge in [0, 0.05) is 0 Å². The van der Waals surface area contributed by atoms with Gasteiger partial charge in [0.1, 0.15) is 0 Å². The van der Waals surface area contributed by atoms with Gasteiger partial charge in [-0.25, -0.2) is 0 Å². The number of hydrogen-bond donors (Lipinski definition) is 1. The van der Waals surface area contributed by atoms with Gasteiger partial charge in [-0.3, -0.25) is 0 Å². The Bertz CT molecular complexity index is 284. The fourth-order valence-corrected chi connectivity index (χ4v) is 2.36. The average Bonchev–Trinajstić information content (AvgIpc) is 2.12. The molecule has 0 heterocycles. The number of allylic oxidation sites excluding steroid dienone is 2. The maximum Gasteiger partial charge on any atom is 0.0829 e. The van der Waals surface area contributed by atoms with Gasteiger partial charge in [0.25, 0.3) is 0 Å². The van der Waals surface area contributed by atoms with Crippen molar-refractivity contribution in [3.05, 3.63) is 23.3 Å². The van der Waals surface area contributed by atoms with Gasteiger partial charge >= 0.3 is 0 Å². The molecule has 2 unspecified atom stereocenters. The fraction of sp³-hybridized carbons (Fsp3) is 0.714. The van der Waals surface area contributed by atoms with E-state index < -0.39 is 5.60 Å². The molecule has 0 aromatic rings. The molecule has 1 nitrogen and oxygen atoms in total. The molecule has 1 N–H and O–H groups in total. The minimum Gasteiger partial charge on any atom is -0.386 e. The highest BCUT2D eigenvalue weighted by atomic mass is 16.3. The van der Waals surface area contributed by atoms with Crippen molar-refractivity contribution in [1.29, 1.82) is 0 Å². The van der Waals surface area contributed by atoms with E-state index in [1.165, 1.54) is 16.7 Å². The van der Waals surface area contributed by atoms with Crippen LogP contribution in [0.4, 0.5) is 0 Å². The third-order valence-corrected chi connectivity index (χ3v) is 3.77. The molecule has 1 aliphatic rings. The molecule has 86 valence electrons.